The minimum atomic E-state index is -3.22. The van der Waals surface area contributed by atoms with Crippen LogP contribution in [-0.4, -0.2) is 95.1 Å². The second kappa shape index (κ2) is 23.1. The molecule has 352 valence electrons. The topological polar surface area (TPSA) is 228 Å². The van der Waals surface area contributed by atoms with Crippen molar-refractivity contribution in [3.05, 3.63) is 74.3 Å². The fraction of sp³-hybridized carbons (Fsp3) is 0.381. The number of ether oxygens (including phenoxy) is 6. The van der Waals surface area contributed by atoms with Gasteiger partial charge in [0.1, 0.15) is 58.5 Å². The van der Waals surface area contributed by atoms with Crippen LogP contribution in [0.4, 0.5) is 0 Å². The van der Waals surface area contributed by atoms with E-state index in [0.29, 0.717) is 77.2 Å². The molecule has 6 heterocycles. The van der Waals surface area contributed by atoms with Crippen molar-refractivity contribution in [2.75, 3.05) is 54.9 Å². The summed E-state index contributed by atoms with van der Waals surface area (Å²) < 4.78 is 52.3. The van der Waals surface area contributed by atoms with E-state index in [-0.39, 0.29) is 33.6 Å². The van der Waals surface area contributed by atoms with E-state index in [2.05, 4.69) is 73.9 Å². The first-order valence-corrected chi connectivity index (χ1v) is 23.7. The van der Waals surface area contributed by atoms with Crippen LogP contribution in [0.5, 0.6) is 11.5 Å². The van der Waals surface area contributed by atoms with E-state index >= 15 is 0 Å². The molecule has 3 N–H and O–H groups in total. The molecule has 18 nitrogen and oxygen atoms in total. The molecule has 0 aliphatic carbocycles. The predicted molar refractivity (Wildman–Crippen MR) is 255 cm³/mol. The molecule has 0 bridgehead atoms. The Morgan fingerprint density at radius 3 is 1.55 bits per heavy atom. The second-order valence-corrected chi connectivity index (χ2v) is 20.7. The van der Waals surface area contributed by atoms with Crippen LogP contribution < -0.4 is 15.0 Å². The Kier molecular flexibility index (Phi) is 18.8. The van der Waals surface area contributed by atoms with Crippen molar-refractivity contribution in [3.63, 3.8) is 0 Å². The van der Waals surface area contributed by atoms with Gasteiger partial charge < -0.3 is 52.4 Å². The molecule has 0 aliphatic heterocycles. The standard InChI is InChI=1S/C20H21ClN4O4.C20H22N4O5.2CH4.Cl3OP/c1-10-17(11(2)29-25-10)13-7-14-12(8-15(13)27-4)18-19(21)23-16(24-20(18)22-14)9-28-6-5-26-3;1-10-17(11(2)29-24-10)13-7-14-12(8-15(13)27-4)18-19(21-14)22-16(23-20(18)25)9-28-6-5-26-3;;;1-5(2,3)4/h7-8H,5-6,9H2,1-4H3,(H,22,23,24);7-8H,5-6,9H2,1-4H3,(H2,21,22,23,25);2*1H4;. The van der Waals surface area contributed by atoms with Gasteiger partial charge in [0.15, 0.2) is 5.82 Å². The molecule has 8 aromatic rings. The highest BCUT2D eigenvalue weighted by atomic mass is 36.0. The lowest BCUT2D eigenvalue weighted by atomic mass is 10.0. The van der Waals surface area contributed by atoms with Gasteiger partial charge in [-0.05, 0) is 85.7 Å². The molecule has 0 aliphatic rings. The molecular weight excluding hydrogens is 949 g/mol. The number of aryl methyl sites for hydroxylation is 4. The van der Waals surface area contributed by atoms with E-state index in [1.807, 2.05) is 52.0 Å². The Hall–Kier alpha value is -4.75. The van der Waals surface area contributed by atoms with Crippen LogP contribution in [-0.2, 0) is 36.7 Å². The molecule has 2 aromatic carbocycles. The monoisotopic (exact) mass is 998 g/mol. The molecule has 6 aromatic heterocycles. The van der Waals surface area contributed by atoms with Gasteiger partial charge in [0, 0.05) is 47.2 Å². The number of H-pyrrole nitrogens is 3. The zero-order chi connectivity index (χ0) is 45.6. The van der Waals surface area contributed by atoms with Crippen LogP contribution in [0.25, 0.3) is 66.1 Å². The van der Waals surface area contributed by atoms with E-state index in [4.69, 9.17) is 49.1 Å². The highest BCUT2D eigenvalue weighted by Gasteiger charge is 2.22. The Morgan fingerprint density at radius 1 is 0.646 bits per heavy atom. The number of hydrogen-bond donors (Lipinski definition) is 3. The molecule has 65 heavy (non-hydrogen) atoms. The Labute approximate surface area is 393 Å². The van der Waals surface area contributed by atoms with Gasteiger partial charge in [-0.15, -0.1) is 0 Å². The zero-order valence-corrected chi connectivity index (χ0v) is 39.2. The molecule has 0 radical (unpaired) electrons. The van der Waals surface area contributed by atoms with Crippen LogP contribution in [0.3, 0.4) is 0 Å². The van der Waals surface area contributed by atoms with Gasteiger partial charge in [-0.3, -0.25) is 9.36 Å². The number of aromatic nitrogens is 8. The van der Waals surface area contributed by atoms with Crippen LogP contribution in [0, 0.1) is 27.7 Å². The highest BCUT2D eigenvalue weighted by molar-refractivity contribution is 8.24. The summed E-state index contributed by atoms with van der Waals surface area (Å²) in [7, 11) is 6.45. The third-order valence-electron chi connectivity index (χ3n) is 9.54. The van der Waals surface area contributed by atoms with Crippen LogP contribution in [0.1, 0.15) is 49.4 Å². The average molecular weight is 1000 g/mol. The number of fused-ring (bicyclic) bond motifs is 6. The third-order valence-corrected chi connectivity index (χ3v) is 9.82. The van der Waals surface area contributed by atoms with Crippen molar-refractivity contribution in [2.45, 2.75) is 55.8 Å². The molecule has 0 saturated heterocycles. The number of nitrogens with one attached hydrogen (secondary N) is 3. The smallest absolute Gasteiger partial charge is 0.339 e. The van der Waals surface area contributed by atoms with E-state index < -0.39 is 5.20 Å². The first-order valence-electron chi connectivity index (χ1n) is 18.9. The van der Waals surface area contributed by atoms with Crippen molar-refractivity contribution < 1.29 is 42.0 Å². The van der Waals surface area contributed by atoms with Crippen molar-refractivity contribution >= 4 is 94.4 Å². The molecular formula is C42H51Cl4N8O10P. The maximum absolute atomic E-state index is 12.7. The Balaban J connectivity index is 0.000000251. The van der Waals surface area contributed by atoms with E-state index in [9.17, 15) is 9.36 Å². The predicted octanol–water partition coefficient (Wildman–Crippen LogP) is 11.1. The summed E-state index contributed by atoms with van der Waals surface area (Å²) >= 11 is 20.3. The SMILES string of the molecule is C.C.COCCOCc1nc(Cl)c2c(n1)[nH]c1cc(-c3c(C)noc3C)c(OC)cc12.COCCOCc1nc2[nH]c3cc(-c4c(C)noc4C)c(OC)cc3c2c(=O)[nH]1.O=P(Cl)(Cl)Cl. The molecule has 0 spiro atoms. The lowest BCUT2D eigenvalue weighted by Gasteiger charge is -2.09. The second-order valence-electron chi connectivity index (χ2n) is 13.7. The third kappa shape index (κ3) is 12.4. The summed E-state index contributed by atoms with van der Waals surface area (Å²) in [5.74, 6) is 3.69. The fourth-order valence-corrected chi connectivity index (χ4v) is 7.20. The van der Waals surface area contributed by atoms with Crippen molar-refractivity contribution in [1.82, 2.24) is 40.2 Å². The van der Waals surface area contributed by atoms with E-state index in [1.54, 1.807) is 28.4 Å². The van der Waals surface area contributed by atoms with Crippen LogP contribution in [0.2, 0.25) is 5.15 Å². The van der Waals surface area contributed by atoms with Crippen LogP contribution in [0.15, 0.2) is 38.1 Å². The molecule has 0 unspecified atom stereocenters. The number of methoxy groups -OCH3 is 4. The molecule has 8 rings (SSSR count). The molecule has 23 heteroatoms. The minimum Gasteiger partial charge on any atom is -0.496 e. The summed E-state index contributed by atoms with van der Waals surface area (Å²) in [6.07, 6.45) is 0. The van der Waals surface area contributed by atoms with E-state index in [1.165, 1.54) is 0 Å². The van der Waals surface area contributed by atoms with Gasteiger partial charge in [0.25, 0.3) is 5.56 Å². The highest BCUT2D eigenvalue weighted by Crippen LogP contribution is 2.61. The quantitative estimate of drug-likeness (QED) is 0.0523. The molecule has 0 fully saturated rings. The van der Waals surface area contributed by atoms with Gasteiger partial charge in [-0.2, -0.15) is 0 Å². The van der Waals surface area contributed by atoms with Crippen molar-refractivity contribution in [2.24, 2.45) is 0 Å². The normalized spacial score (nSPS) is 11.3. The summed E-state index contributed by atoms with van der Waals surface area (Å²) in [6.45, 7) is 9.81. The summed E-state index contributed by atoms with van der Waals surface area (Å²) in [5.41, 5.74) is 7.60. The number of nitrogens with zero attached hydrogens (tertiary/aromatic N) is 5. The zero-order valence-electron chi connectivity index (χ0n) is 35.3. The number of rotatable bonds is 14. The van der Waals surface area contributed by atoms with Gasteiger partial charge in [-0.1, -0.05) is 36.8 Å². The lowest BCUT2D eigenvalue weighted by Crippen LogP contribution is -2.13. The molecule has 0 atom stereocenters. The summed E-state index contributed by atoms with van der Waals surface area (Å²) in [5, 5.41) is 8.04. The first kappa shape index (κ1) is 52.9. The largest absolute Gasteiger partial charge is 0.496 e. The maximum Gasteiger partial charge on any atom is 0.339 e. The maximum atomic E-state index is 12.7. The van der Waals surface area contributed by atoms with E-state index in [0.717, 1.165) is 66.6 Å². The number of aromatic amines is 3. The number of halogens is 4. The van der Waals surface area contributed by atoms with Crippen LogP contribution >= 0.6 is 50.5 Å². The summed E-state index contributed by atoms with van der Waals surface area (Å²) in [4.78, 5) is 35.5. The van der Waals surface area contributed by atoms with Gasteiger partial charge in [0.2, 0.25) is 0 Å². The Bertz CT molecular complexity index is 2950. The number of hydrogen-bond acceptors (Lipinski definition) is 15. The van der Waals surface area contributed by atoms with Gasteiger partial charge in [0.05, 0.1) is 73.9 Å². The average Bonchev–Trinajstić information content (AvgIpc) is 3.98. The Morgan fingerprint density at radius 2 is 1.11 bits per heavy atom. The van der Waals surface area contributed by atoms with Crippen molar-refractivity contribution in [3.8, 4) is 33.8 Å². The minimum absolute atomic E-state index is 0. The van der Waals surface area contributed by atoms with Gasteiger partial charge in [-0.25, -0.2) is 15.0 Å². The lowest BCUT2D eigenvalue weighted by molar-refractivity contribution is 0.0586. The van der Waals surface area contributed by atoms with Crippen molar-refractivity contribution in [1.29, 1.82) is 0 Å². The molecule has 0 saturated carbocycles. The number of benzene rings is 2. The van der Waals surface area contributed by atoms with Gasteiger partial charge >= 0.3 is 5.20 Å². The molecule has 0 amide bonds. The fourth-order valence-electron chi connectivity index (χ4n) is 6.91. The first-order chi connectivity index (χ1) is 30.1. The summed E-state index contributed by atoms with van der Waals surface area (Å²) in [6, 6.07) is 7.69.